The quantitative estimate of drug-likeness (QED) is 0.323. The van der Waals surface area contributed by atoms with E-state index in [9.17, 15) is 9.90 Å². The summed E-state index contributed by atoms with van der Waals surface area (Å²) in [5.41, 5.74) is 3.89. The Bertz CT molecular complexity index is 1280. The number of carbonyl (C=O) groups is 1. The maximum absolute atomic E-state index is 13.0. The molecule has 0 saturated carbocycles. The fourth-order valence-electron chi connectivity index (χ4n) is 4.36. The third-order valence-electron chi connectivity index (χ3n) is 6.36. The van der Waals surface area contributed by atoms with E-state index >= 15 is 0 Å². The Morgan fingerprint density at radius 3 is 2.51 bits per heavy atom. The first-order valence-electron chi connectivity index (χ1n) is 12.8. The zero-order valence-corrected chi connectivity index (χ0v) is 22.7. The molecule has 37 heavy (non-hydrogen) atoms. The summed E-state index contributed by atoms with van der Waals surface area (Å²) < 4.78 is 6.32. The predicted octanol–water partition coefficient (Wildman–Crippen LogP) is 5.26. The SMILES string of the molecule is C=C(C)c1cc(C(=O)N(CC)CC)c(O)cc1C(=CC)OCC(C)N(CCC)c1ncnc2nc[nH]c12. The summed E-state index contributed by atoms with van der Waals surface area (Å²) in [5.74, 6) is 1.09. The normalized spacial score (nSPS) is 12.4. The number of nitrogens with zero attached hydrogens (tertiary/aromatic N) is 5. The number of ether oxygens (including phenoxy) is 1. The summed E-state index contributed by atoms with van der Waals surface area (Å²) >= 11 is 0. The number of aromatic hydroxyl groups is 1. The van der Waals surface area contributed by atoms with Gasteiger partial charge in [-0.2, -0.15) is 0 Å². The Labute approximate surface area is 218 Å². The van der Waals surface area contributed by atoms with Crippen LogP contribution in [0.3, 0.4) is 0 Å². The Balaban J connectivity index is 1.89. The number of hydrogen-bond acceptors (Lipinski definition) is 7. The maximum Gasteiger partial charge on any atom is 0.257 e. The number of fused-ring (bicyclic) bond motifs is 1. The van der Waals surface area contributed by atoms with Crippen molar-refractivity contribution in [2.45, 2.75) is 54.0 Å². The molecule has 3 aromatic rings. The number of amides is 1. The van der Waals surface area contributed by atoms with Crippen molar-refractivity contribution in [1.82, 2.24) is 24.8 Å². The third kappa shape index (κ3) is 5.93. The molecule has 9 heteroatoms. The lowest BCUT2D eigenvalue weighted by Gasteiger charge is -2.30. The van der Waals surface area contributed by atoms with Gasteiger partial charge < -0.3 is 24.6 Å². The molecule has 1 unspecified atom stereocenters. The number of phenols is 1. The number of allylic oxidation sites excluding steroid dienone is 2. The zero-order valence-electron chi connectivity index (χ0n) is 22.7. The van der Waals surface area contributed by atoms with Gasteiger partial charge in [-0.3, -0.25) is 4.79 Å². The van der Waals surface area contributed by atoms with Crippen LogP contribution >= 0.6 is 0 Å². The van der Waals surface area contributed by atoms with E-state index in [1.807, 2.05) is 33.8 Å². The first-order chi connectivity index (χ1) is 17.8. The fourth-order valence-corrected chi connectivity index (χ4v) is 4.36. The number of H-pyrrole nitrogens is 1. The first kappa shape index (κ1) is 27.7. The molecule has 1 atom stereocenters. The lowest BCUT2D eigenvalue weighted by molar-refractivity contribution is 0.0770. The number of rotatable bonds is 12. The van der Waals surface area contributed by atoms with Crippen LogP contribution in [-0.4, -0.2) is 68.1 Å². The minimum atomic E-state index is -0.210. The first-order valence-corrected chi connectivity index (χ1v) is 12.8. The summed E-state index contributed by atoms with van der Waals surface area (Å²) in [6, 6.07) is 3.29. The summed E-state index contributed by atoms with van der Waals surface area (Å²) in [6.45, 7) is 18.2. The molecule has 2 heterocycles. The minimum Gasteiger partial charge on any atom is -0.507 e. The number of carbonyl (C=O) groups excluding carboxylic acids is 1. The number of aromatic amines is 1. The van der Waals surface area contributed by atoms with Crippen molar-refractivity contribution in [2.24, 2.45) is 0 Å². The number of hydrogen-bond donors (Lipinski definition) is 2. The highest BCUT2D eigenvalue weighted by atomic mass is 16.5. The van der Waals surface area contributed by atoms with Crippen LogP contribution in [-0.2, 0) is 4.74 Å². The molecule has 0 saturated heterocycles. The van der Waals surface area contributed by atoms with Crippen molar-refractivity contribution in [3.05, 3.63) is 54.1 Å². The molecular formula is C28H38N6O3. The second-order valence-corrected chi connectivity index (χ2v) is 8.98. The molecule has 1 amide bonds. The van der Waals surface area contributed by atoms with Gasteiger partial charge in [0.15, 0.2) is 11.5 Å². The second-order valence-electron chi connectivity index (χ2n) is 8.98. The van der Waals surface area contributed by atoms with E-state index in [1.54, 1.807) is 23.4 Å². The predicted molar refractivity (Wildman–Crippen MR) is 148 cm³/mol. The number of imidazole rings is 1. The molecular weight excluding hydrogens is 468 g/mol. The number of phenolic OH excluding ortho intramolecular Hbond substituents is 1. The highest BCUT2D eigenvalue weighted by Gasteiger charge is 2.23. The Morgan fingerprint density at radius 1 is 1.16 bits per heavy atom. The van der Waals surface area contributed by atoms with Crippen molar-refractivity contribution < 1.29 is 14.6 Å². The number of nitrogens with one attached hydrogen (secondary N) is 1. The van der Waals surface area contributed by atoms with Crippen LogP contribution in [0.15, 0.2) is 37.4 Å². The average Bonchev–Trinajstić information content (AvgIpc) is 3.37. The summed E-state index contributed by atoms with van der Waals surface area (Å²) in [6.07, 6.45) is 5.93. The number of aromatic nitrogens is 4. The van der Waals surface area contributed by atoms with Gasteiger partial charge in [0.1, 0.15) is 30.0 Å². The van der Waals surface area contributed by atoms with Crippen molar-refractivity contribution in [3.8, 4) is 5.75 Å². The lowest BCUT2D eigenvalue weighted by atomic mass is 9.96. The van der Waals surface area contributed by atoms with Crippen LogP contribution in [0.4, 0.5) is 5.82 Å². The molecule has 2 N–H and O–H groups in total. The van der Waals surface area contributed by atoms with E-state index < -0.39 is 0 Å². The van der Waals surface area contributed by atoms with E-state index in [2.05, 4.69) is 45.3 Å². The van der Waals surface area contributed by atoms with Crippen molar-refractivity contribution in [2.75, 3.05) is 31.1 Å². The average molecular weight is 507 g/mol. The van der Waals surface area contributed by atoms with Gasteiger partial charge >= 0.3 is 0 Å². The van der Waals surface area contributed by atoms with Crippen molar-refractivity contribution in [1.29, 1.82) is 0 Å². The van der Waals surface area contributed by atoms with Crippen LogP contribution in [0.1, 0.15) is 69.4 Å². The maximum atomic E-state index is 13.0. The van der Waals surface area contributed by atoms with Crippen LogP contribution in [0.5, 0.6) is 5.75 Å². The molecule has 198 valence electrons. The summed E-state index contributed by atoms with van der Waals surface area (Å²) in [5, 5.41) is 10.8. The fraction of sp³-hybridized carbons (Fsp3) is 0.429. The molecule has 0 spiro atoms. The monoisotopic (exact) mass is 506 g/mol. The summed E-state index contributed by atoms with van der Waals surface area (Å²) in [7, 11) is 0. The molecule has 0 bridgehead atoms. The van der Waals surface area contributed by atoms with E-state index in [0.717, 1.165) is 35.4 Å². The standard InChI is InChI=1S/C28H38N6O3/c1-8-12-34(27-25-26(30-16-29-25)31-17-32-27)19(7)15-37-24(9-2)21-14-23(35)22(13-20(21)18(5)6)28(36)33(10-3)11-4/h9,13-14,16-17,19,35H,5,8,10-12,15H2,1-4,6-7H3,(H,29,30,31,32). The molecule has 2 aromatic heterocycles. The Kier molecular flexibility index (Phi) is 9.27. The molecule has 0 aliphatic heterocycles. The molecule has 9 nitrogen and oxygen atoms in total. The smallest absolute Gasteiger partial charge is 0.257 e. The van der Waals surface area contributed by atoms with E-state index in [4.69, 9.17) is 4.74 Å². The van der Waals surface area contributed by atoms with Gasteiger partial charge in [-0.05, 0) is 64.8 Å². The lowest BCUT2D eigenvalue weighted by Crippen LogP contribution is -2.38. The van der Waals surface area contributed by atoms with Gasteiger partial charge in [-0.1, -0.05) is 19.1 Å². The van der Waals surface area contributed by atoms with Gasteiger partial charge in [0, 0.05) is 25.2 Å². The Hall–Kier alpha value is -3.88. The van der Waals surface area contributed by atoms with Gasteiger partial charge in [-0.15, -0.1) is 0 Å². The van der Waals surface area contributed by atoms with E-state index in [1.165, 1.54) is 6.33 Å². The highest BCUT2D eigenvalue weighted by Crippen LogP contribution is 2.33. The van der Waals surface area contributed by atoms with Gasteiger partial charge in [0.05, 0.1) is 17.9 Å². The van der Waals surface area contributed by atoms with Crippen molar-refractivity contribution in [3.63, 3.8) is 0 Å². The molecule has 3 rings (SSSR count). The van der Waals surface area contributed by atoms with Crippen LogP contribution in [0.25, 0.3) is 22.5 Å². The van der Waals surface area contributed by atoms with E-state index in [0.29, 0.717) is 36.7 Å². The van der Waals surface area contributed by atoms with Gasteiger partial charge in [0.25, 0.3) is 5.91 Å². The van der Waals surface area contributed by atoms with Gasteiger partial charge in [0.2, 0.25) is 0 Å². The summed E-state index contributed by atoms with van der Waals surface area (Å²) in [4.78, 5) is 33.0. The minimum absolute atomic E-state index is 0.0262. The topological polar surface area (TPSA) is 107 Å². The van der Waals surface area contributed by atoms with Crippen molar-refractivity contribution >= 4 is 34.2 Å². The van der Waals surface area contributed by atoms with Crippen LogP contribution in [0, 0.1) is 0 Å². The van der Waals surface area contributed by atoms with Crippen LogP contribution < -0.4 is 4.90 Å². The zero-order chi connectivity index (χ0) is 27.1. The molecule has 0 aliphatic rings. The number of benzene rings is 1. The van der Waals surface area contributed by atoms with E-state index in [-0.39, 0.29) is 23.3 Å². The van der Waals surface area contributed by atoms with Gasteiger partial charge in [-0.25, -0.2) is 15.0 Å². The molecule has 0 radical (unpaired) electrons. The Morgan fingerprint density at radius 2 is 1.89 bits per heavy atom. The highest BCUT2D eigenvalue weighted by molar-refractivity contribution is 5.98. The molecule has 1 aromatic carbocycles. The number of anilines is 1. The molecule has 0 aliphatic carbocycles. The third-order valence-corrected chi connectivity index (χ3v) is 6.36. The molecule has 0 fully saturated rings. The second kappa shape index (κ2) is 12.4. The largest absolute Gasteiger partial charge is 0.507 e. The van der Waals surface area contributed by atoms with Crippen LogP contribution in [0.2, 0.25) is 0 Å².